The molecule has 5 nitrogen and oxygen atoms in total. The normalized spacial score (nSPS) is 19.8. The van der Waals surface area contributed by atoms with Crippen molar-refractivity contribution in [2.75, 3.05) is 19.7 Å². The fraction of sp³-hybridized carbons (Fsp3) is 0.364. The highest BCUT2D eigenvalue weighted by Gasteiger charge is 2.39. The number of rotatable bonds is 6. The molecule has 0 aliphatic carbocycles. The molecule has 0 saturated carbocycles. The van der Waals surface area contributed by atoms with Gasteiger partial charge in [-0.1, -0.05) is 36.4 Å². The number of benzene rings is 2. The zero-order valence-electron chi connectivity index (χ0n) is 15.7. The van der Waals surface area contributed by atoms with Crippen molar-refractivity contribution in [1.29, 1.82) is 0 Å². The fourth-order valence-corrected chi connectivity index (χ4v) is 3.80. The Bertz CT molecular complexity index is 818. The lowest BCUT2D eigenvalue weighted by molar-refractivity contribution is -0.141. The van der Waals surface area contributed by atoms with E-state index in [0.717, 1.165) is 17.7 Å². The average molecular weight is 367 g/mol. The van der Waals surface area contributed by atoms with Crippen molar-refractivity contribution in [3.05, 3.63) is 70.8 Å². The van der Waals surface area contributed by atoms with E-state index >= 15 is 0 Å². The molecule has 0 unspecified atom stereocenters. The van der Waals surface area contributed by atoms with E-state index in [0.29, 0.717) is 25.3 Å². The van der Waals surface area contributed by atoms with Crippen LogP contribution >= 0.6 is 0 Å². The predicted octanol–water partition coefficient (Wildman–Crippen LogP) is 3.47. The van der Waals surface area contributed by atoms with Gasteiger partial charge >= 0.3 is 11.9 Å². The quantitative estimate of drug-likeness (QED) is 0.792. The van der Waals surface area contributed by atoms with Crippen molar-refractivity contribution in [3.8, 4) is 0 Å². The van der Waals surface area contributed by atoms with Crippen LogP contribution in [-0.2, 0) is 16.1 Å². The van der Waals surface area contributed by atoms with Crippen LogP contribution in [0.3, 0.4) is 0 Å². The first-order valence-corrected chi connectivity index (χ1v) is 9.26. The van der Waals surface area contributed by atoms with Gasteiger partial charge in [0.2, 0.25) is 0 Å². The first kappa shape index (κ1) is 19.1. The van der Waals surface area contributed by atoms with Crippen LogP contribution < -0.4 is 0 Å². The standard InChI is InChI=1S/C22H25NO4/c1-3-27-22(26)17-10-9-15(2)18(11-17)19-13-23(14-20(19)21(24)25)12-16-7-5-4-6-8-16/h4-11,19-20H,3,12-14H2,1-2H3,(H,24,25)/t19-,20+/m0/s1. The molecule has 2 aromatic carbocycles. The maximum Gasteiger partial charge on any atom is 0.338 e. The van der Waals surface area contributed by atoms with Crippen molar-refractivity contribution >= 4 is 11.9 Å². The molecule has 27 heavy (non-hydrogen) atoms. The summed E-state index contributed by atoms with van der Waals surface area (Å²) in [5.41, 5.74) is 3.56. The zero-order chi connectivity index (χ0) is 19.4. The number of hydrogen-bond acceptors (Lipinski definition) is 4. The molecule has 0 aromatic heterocycles. The Morgan fingerprint density at radius 1 is 1.15 bits per heavy atom. The van der Waals surface area contributed by atoms with Crippen LogP contribution in [0.5, 0.6) is 0 Å². The molecular weight excluding hydrogens is 342 g/mol. The van der Waals surface area contributed by atoms with Gasteiger partial charge in [0.15, 0.2) is 0 Å². The number of carboxylic acids is 1. The van der Waals surface area contributed by atoms with Crippen LogP contribution in [-0.4, -0.2) is 41.6 Å². The van der Waals surface area contributed by atoms with Gasteiger partial charge in [-0.15, -0.1) is 0 Å². The molecule has 0 radical (unpaired) electrons. The van der Waals surface area contributed by atoms with Gasteiger partial charge in [-0.25, -0.2) is 4.79 Å². The predicted molar refractivity (Wildman–Crippen MR) is 103 cm³/mol. The van der Waals surface area contributed by atoms with E-state index in [1.807, 2.05) is 31.2 Å². The van der Waals surface area contributed by atoms with E-state index in [2.05, 4.69) is 17.0 Å². The number of aliphatic carboxylic acids is 1. The topological polar surface area (TPSA) is 66.8 Å². The van der Waals surface area contributed by atoms with Gasteiger partial charge < -0.3 is 9.84 Å². The maximum absolute atomic E-state index is 12.1. The number of likely N-dealkylation sites (tertiary alicyclic amines) is 1. The lowest BCUT2D eigenvalue weighted by atomic mass is 9.85. The first-order chi connectivity index (χ1) is 13.0. The monoisotopic (exact) mass is 367 g/mol. The summed E-state index contributed by atoms with van der Waals surface area (Å²) in [5, 5.41) is 9.76. The number of ether oxygens (including phenoxy) is 1. The fourth-order valence-electron chi connectivity index (χ4n) is 3.80. The molecule has 5 heteroatoms. The minimum Gasteiger partial charge on any atom is -0.481 e. The lowest BCUT2D eigenvalue weighted by Crippen LogP contribution is -2.23. The van der Waals surface area contributed by atoms with E-state index in [-0.39, 0.29) is 11.9 Å². The first-order valence-electron chi connectivity index (χ1n) is 9.26. The molecule has 1 N–H and O–H groups in total. The van der Waals surface area contributed by atoms with E-state index in [4.69, 9.17) is 4.74 Å². The molecule has 1 aliphatic rings. The Kier molecular flexibility index (Phi) is 5.91. The Morgan fingerprint density at radius 2 is 1.89 bits per heavy atom. The van der Waals surface area contributed by atoms with E-state index in [9.17, 15) is 14.7 Å². The number of esters is 1. The second kappa shape index (κ2) is 8.35. The Balaban J connectivity index is 1.86. The van der Waals surface area contributed by atoms with Gasteiger partial charge in [-0.2, -0.15) is 0 Å². The number of nitrogens with zero attached hydrogens (tertiary/aromatic N) is 1. The third-order valence-corrected chi connectivity index (χ3v) is 5.15. The molecule has 0 amide bonds. The zero-order valence-corrected chi connectivity index (χ0v) is 15.7. The van der Waals surface area contributed by atoms with Crippen LogP contribution in [0.15, 0.2) is 48.5 Å². The highest BCUT2D eigenvalue weighted by molar-refractivity contribution is 5.89. The van der Waals surface area contributed by atoms with Crippen LogP contribution in [0, 0.1) is 12.8 Å². The van der Waals surface area contributed by atoms with Gasteiger partial charge in [0.25, 0.3) is 0 Å². The largest absolute Gasteiger partial charge is 0.481 e. The number of aryl methyl sites for hydroxylation is 1. The average Bonchev–Trinajstić information content (AvgIpc) is 3.07. The van der Waals surface area contributed by atoms with Gasteiger partial charge in [-0.05, 0) is 42.7 Å². The number of carbonyl (C=O) groups is 2. The van der Waals surface area contributed by atoms with Crippen LogP contribution in [0.4, 0.5) is 0 Å². The molecular formula is C22H25NO4. The van der Waals surface area contributed by atoms with E-state index in [1.165, 1.54) is 5.56 Å². The molecule has 1 saturated heterocycles. The Hall–Kier alpha value is -2.66. The molecule has 2 aromatic rings. The molecule has 1 heterocycles. The second-order valence-corrected chi connectivity index (χ2v) is 7.02. The smallest absolute Gasteiger partial charge is 0.338 e. The molecule has 1 aliphatic heterocycles. The molecule has 0 bridgehead atoms. The highest BCUT2D eigenvalue weighted by atomic mass is 16.5. The van der Waals surface area contributed by atoms with Gasteiger partial charge in [0, 0.05) is 25.6 Å². The van der Waals surface area contributed by atoms with Crippen molar-refractivity contribution in [1.82, 2.24) is 4.90 Å². The molecule has 142 valence electrons. The molecule has 3 rings (SSSR count). The maximum atomic E-state index is 12.1. The number of hydrogen-bond donors (Lipinski definition) is 1. The third kappa shape index (κ3) is 4.37. The summed E-state index contributed by atoms with van der Waals surface area (Å²) in [6.45, 7) is 5.91. The van der Waals surface area contributed by atoms with Crippen molar-refractivity contribution in [2.45, 2.75) is 26.3 Å². The van der Waals surface area contributed by atoms with Crippen LogP contribution in [0.2, 0.25) is 0 Å². The summed E-state index contributed by atoms with van der Waals surface area (Å²) in [5.74, 6) is -1.81. The van der Waals surface area contributed by atoms with Gasteiger partial charge in [-0.3, -0.25) is 9.69 Å². The van der Waals surface area contributed by atoms with Crippen molar-refractivity contribution in [2.24, 2.45) is 5.92 Å². The summed E-state index contributed by atoms with van der Waals surface area (Å²) in [6.07, 6.45) is 0. The van der Waals surface area contributed by atoms with E-state index in [1.54, 1.807) is 19.1 Å². The van der Waals surface area contributed by atoms with Crippen molar-refractivity contribution in [3.63, 3.8) is 0 Å². The minimum absolute atomic E-state index is 0.152. The van der Waals surface area contributed by atoms with Crippen molar-refractivity contribution < 1.29 is 19.4 Å². The summed E-state index contributed by atoms with van der Waals surface area (Å²) in [6, 6.07) is 15.5. The number of carbonyl (C=O) groups excluding carboxylic acids is 1. The summed E-state index contributed by atoms with van der Waals surface area (Å²) in [4.78, 5) is 26.2. The highest BCUT2D eigenvalue weighted by Crippen LogP contribution is 2.36. The summed E-state index contributed by atoms with van der Waals surface area (Å²) >= 11 is 0. The van der Waals surface area contributed by atoms with Crippen LogP contribution in [0.1, 0.15) is 39.9 Å². The Morgan fingerprint density at radius 3 is 2.56 bits per heavy atom. The Labute approximate surface area is 159 Å². The third-order valence-electron chi connectivity index (χ3n) is 5.15. The minimum atomic E-state index is -0.795. The summed E-state index contributed by atoms with van der Waals surface area (Å²) in [7, 11) is 0. The molecule has 0 spiro atoms. The van der Waals surface area contributed by atoms with Gasteiger partial charge in [0.1, 0.15) is 0 Å². The number of carboxylic acid groups (broad SMARTS) is 1. The lowest BCUT2D eigenvalue weighted by Gasteiger charge is -2.19. The van der Waals surface area contributed by atoms with Crippen LogP contribution in [0.25, 0.3) is 0 Å². The van der Waals surface area contributed by atoms with E-state index < -0.39 is 11.9 Å². The van der Waals surface area contributed by atoms with Gasteiger partial charge in [0.05, 0.1) is 18.1 Å². The second-order valence-electron chi connectivity index (χ2n) is 7.02. The molecule has 1 fully saturated rings. The SMILES string of the molecule is CCOC(=O)c1ccc(C)c([C@@H]2CN(Cc3ccccc3)C[C@H]2C(=O)O)c1. The summed E-state index contributed by atoms with van der Waals surface area (Å²) < 4.78 is 5.09. The molecule has 2 atom stereocenters.